The van der Waals surface area contributed by atoms with E-state index in [1.165, 1.54) is 12.1 Å². The van der Waals surface area contributed by atoms with Gasteiger partial charge in [0, 0.05) is 11.9 Å². The molecule has 5 heteroatoms. The van der Waals surface area contributed by atoms with Crippen LogP contribution >= 0.6 is 12.2 Å². The van der Waals surface area contributed by atoms with Gasteiger partial charge in [-0.2, -0.15) is 0 Å². The number of nitrogens with zero attached hydrogens (tertiary/aromatic N) is 1. The van der Waals surface area contributed by atoms with Crippen molar-refractivity contribution in [2.45, 2.75) is 31.2 Å². The quantitative estimate of drug-likeness (QED) is 0.840. The highest BCUT2D eigenvalue weighted by Gasteiger charge is 2.37. The van der Waals surface area contributed by atoms with Crippen LogP contribution in [-0.2, 0) is 5.54 Å². The number of nitrogens with one attached hydrogen (secondary N) is 2. The summed E-state index contributed by atoms with van der Waals surface area (Å²) in [5.74, 6) is -0.259. The topological polar surface area (TPSA) is 37.0 Å². The van der Waals surface area contributed by atoms with Gasteiger partial charge in [-0.3, -0.25) is 4.98 Å². The molecule has 1 aliphatic rings. The zero-order valence-electron chi connectivity index (χ0n) is 12.2. The van der Waals surface area contributed by atoms with Crippen molar-refractivity contribution in [3.63, 3.8) is 0 Å². The predicted octanol–water partition coefficient (Wildman–Crippen LogP) is 3.98. The predicted molar refractivity (Wildman–Crippen MR) is 90.1 cm³/mol. The van der Waals surface area contributed by atoms with Crippen LogP contribution in [0.1, 0.15) is 31.4 Å². The highest BCUT2D eigenvalue weighted by atomic mass is 32.1. The van der Waals surface area contributed by atoms with Crippen molar-refractivity contribution >= 4 is 23.0 Å². The summed E-state index contributed by atoms with van der Waals surface area (Å²) in [4.78, 5) is 4.51. The van der Waals surface area contributed by atoms with Crippen LogP contribution in [0.4, 0.5) is 10.1 Å². The average Bonchev–Trinajstić information content (AvgIpc) is 3.00. The Hall–Kier alpha value is -2.01. The number of halogens is 1. The number of pyridine rings is 1. The molecule has 0 atom stereocenters. The van der Waals surface area contributed by atoms with Gasteiger partial charge < -0.3 is 10.6 Å². The van der Waals surface area contributed by atoms with Gasteiger partial charge in [-0.05, 0) is 61.5 Å². The molecule has 1 aromatic heterocycles. The molecule has 114 valence electrons. The summed E-state index contributed by atoms with van der Waals surface area (Å²) in [6.45, 7) is 0. The van der Waals surface area contributed by atoms with Gasteiger partial charge in [0.05, 0.1) is 11.2 Å². The van der Waals surface area contributed by atoms with Gasteiger partial charge in [-0.1, -0.05) is 18.9 Å². The molecule has 0 unspecified atom stereocenters. The summed E-state index contributed by atoms with van der Waals surface area (Å²) in [6, 6.07) is 12.1. The fourth-order valence-corrected chi connectivity index (χ4v) is 3.30. The Morgan fingerprint density at radius 2 is 1.82 bits per heavy atom. The molecule has 0 amide bonds. The lowest BCUT2D eigenvalue weighted by atomic mass is 9.93. The SMILES string of the molecule is Fc1ccc(NC(=S)NC2(c3ccccn3)CCCC2)cc1. The zero-order chi connectivity index (χ0) is 15.4. The second kappa shape index (κ2) is 6.40. The van der Waals surface area contributed by atoms with E-state index < -0.39 is 0 Å². The Labute approximate surface area is 135 Å². The largest absolute Gasteiger partial charge is 0.351 e. The number of rotatable bonds is 3. The van der Waals surface area contributed by atoms with E-state index in [9.17, 15) is 4.39 Å². The molecule has 2 aromatic rings. The first-order chi connectivity index (χ1) is 10.7. The number of anilines is 1. The fourth-order valence-electron chi connectivity index (χ4n) is 2.98. The summed E-state index contributed by atoms with van der Waals surface area (Å²) in [7, 11) is 0. The fraction of sp³-hybridized carbons (Fsp3) is 0.294. The van der Waals surface area contributed by atoms with E-state index in [2.05, 4.69) is 15.6 Å². The molecule has 2 N–H and O–H groups in total. The van der Waals surface area contributed by atoms with Crippen LogP contribution in [0, 0.1) is 5.82 Å². The van der Waals surface area contributed by atoms with Crippen LogP contribution < -0.4 is 10.6 Å². The highest BCUT2D eigenvalue weighted by molar-refractivity contribution is 7.80. The molecule has 1 aromatic carbocycles. The molecular formula is C17H18FN3S. The summed E-state index contributed by atoms with van der Waals surface area (Å²) in [6.07, 6.45) is 6.14. The molecule has 1 heterocycles. The Balaban J connectivity index is 1.74. The molecule has 0 radical (unpaired) electrons. The van der Waals surface area contributed by atoms with E-state index in [1.807, 2.05) is 24.4 Å². The maximum Gasteiger partial charge on any atom is 0.171 e. The second-order valence-electron chi connectivity index (χ2n) is 5.59. The van der Waals surface area contributed by atoms with Crippen molar-refractivity contribution in [1.82, 2.24) is 10.3 Å². The first-order valence-corrected chi connectivity index (χ1v) is 7.85. The van der Waals surface area contributed by atoms with Gasteiger partial charge in [0.25, 0.3) is 0 Å². The maximum atomic E-state index is 12.9. The first-order valence-electron chi connectivity index (χ1n) is 7.44. The molecule has 1 saturated carbocycles. The maximum absolute atomic E-state index is 12.9. The van der Waals surface area contributed by atoms with Gasteiger partial charge in [-0.25, -0.2) is 4.39 Å². The number of aromatic nitrogens is 1. The number of benzene rings is 1. The third-order valence-corrected chi connectivity index (χ3v) is 4.27. The van der Waals surface area contributed by atoms with Crippen LogP contribution in [0.25, 0.3) is 0 Å². The van der Waals surface area contributed by atoms with Crippen LogP contribution in [0.2, 0.25) is 0 Å². The van der Waals surface area contributed by atoms with Crippen LogP contribution in [0.5, 0.6) is 0 Å². The van der Waals surface area contributed by atoms with E-state index in [0.717, 1.165) is 37.1 Å². The lowest BCUT2D eigenvalue weighted by Gasteiger charge is -2.31. The Bertz CT molecular complexity index is 637. The van der Waals surface area contributed by atoms with Crippen LogP contribution in [0.15, 0.2) is 48.7 Å². The summed E-state index contributed by atoms with van der Waals surface area (Å²) >= 11 is 5.43. The molecule has 1 aliphatic carbocycles. The Morgan fingerprint density at radius 1 is 1.09 bits per heavy atom. The number of thiocarbonyl (C=S) groups is 1. The van der Waals surface area contributed by atoms with Crippen molar-refractivity contribution < 1.29 is 4.39 Å². The van der Waals surface area contributed by atoms with Crippen LogP contribution in [-0.4, -0.2) is 10.1 Å². The first kappa shape index (κ1) is 14.9. The minimum atomic E-state index is -0.259. The molecule has 22 heavy (non-hydrogen) atoms. The molecule has 3 nitrogen and oxygen atoms in total. The van der Waals surface area contributed by atoms with Crippen molar-refractivity contribution in [2.75, 3.05) is 5.32 Å². The van der Waals surface area contributed by atoms with Gasteiger partial charge >= 0.3 is 0 Å². The zero-order valence-corrected chi connectivity index (χ0v) is 13.0. The molecule has 1 fully saturated rings. The van der Waals surface area contributed by atoms with Crippen molar-refractivity contribution in [1.29, 1.82) is 0 Å². The smallest absolute Gasteiger partial charge is 0.171 e. The Morgan fingerprint density at radius 3 is 2.45 bits per heavy atom. The summed E-state index contributed by atoms with van der Waals surface area (Å²) in [5, 5.41) is 7.09. The van der Waals surface area contributed by atoms with Gasteiger partial charge in [0.1, 0.15) is 5.82 Å². The second-order valence-corrected chi connectivity index (χ2v) is 6.00. The third kappa shape index (κ3) is 3.25. The van der Waals surface area contributed by atoms with Gasteiger partial charge in [-0.15, -0.1) is 0 Å². The van der Waals surface area contributed by atoms with E-state index in [-0.39, 0.29) is 11.4 Å². The monoisotopic (exact) mass is 315 g/mol. The average molecular weight is 315 g/mol. The summed E-state index contributed by atoms with van der Waals surface area (Å²) in [5.41, 5.74) is 1.59. The van der Waals surface area contributed by atoms with E-state index in [1.54, 1.807) is 12.1 Å². The number of hydrogen-bond acceptors (Lipinski definition) is 2. The summed E-state index contributed by atoms with van der Waals surface area (Å²) < 4.78 is 12.9. The normalized spacial score (nSPS) is 16.2. The molecule has 3 rings (SSSR count). The number of hydrogen-bond donors (Lipinski definition) is 2. The molecule has 0 spiro atoms. The van der Waals surface area contributed by atoms with Crippen LogP contribution in [0.3, 0.4) is 0 Å². The highest BCUT2D eigenvalue weighted by Crippen LogP contribution is 2.37. The van der Waals surface area contributed by atoms with E-state index in [0.29, 0.717) is 5.11 Å². The molecular weight excluding hydrogens is 297 g/mol. The van der Waals surface area contributed by atoms with Crippen molar-refractivity contribution in [2.24, 2.45) is 0 Å². The minimum absolute atomic E-state index is 0.203. The minimum Gasteiger partial charge on any atom is -0.351 e. The standard InChI is InChI=1S/C17H18FN3S/c18-13-6-8-14(9-7-13)20-16(22)21-17(10-2-3-11-17)15-5-1-4-12-19-15/h1,4-9,12H,2-3,10-11H2,(H2,20,21,22). The lowest BCUT2D eigenvalue weighted by Crippen LogP contribution is -2.46. The molecule has 0 bridgehead atoms. The van der Waals surface area contributed by atoms with E-state index in [4.69, 9.17) is 12.2 Å². The van der Waals surface area contributed by atoms with E-state index >= 15 is 0 Å². The van der Waals surface area contributed by atoms with Crippen molar-refractivity contribution in [3.8, 4) is 0 Å². The lowest BCUT2D eigenvalue weighted by molar-refractivity contribution is 0.396. The Kier molecular flexibility index (Phi) is 4.34. The van der Waals surface area contributed by atoms with Gasteiger partial charge in [0.15, 0.2) is 5.11 Å². The van der Waals surface area contributed by atoms with Gasteiger partial charge in [0.2, 0.25) is 0 Å². The third-order valence-electron chi connectivity index (χ3n) is 4.07. The molecule has 0 aliphatic heterocycles. The molecule has 0 saturated heterocycles. The van der Waals surface area contributed by atoms with Crippen molar-refractivity contribution in [3.05, 3.63) is 60.2 Å².